The molecular formula is C14H22N2S. The van der Waals surface area contributed by atoms with Gasteiger partial charge in [0.15, 0.2) is 0 Å². The van der Waals surface area contributed by atoms with Gasteiger partial charge < -0.3 is 5.32 Å². The molecule has 0 radical (unpaired) electrons. The van der Waals surface area contributed by atoms with Gasteiger partial charge in [0.1, 0.15) is 0 Å². The second-order valence-electron chi connectivity index (χ2n) is 5.45. The maximum atomic E-state index is 4.91. The van der Waals surface area contributed by atoms with Crippen LogP contribution in [-0.4, -0.2) is 11.5 Å². The average molecular weight is 250 g/mol. The summed E-state index contributed by atoms with van der Waals surface area (Å²) in [5.74, 6) is 0.762. The lowest BCUT2D eigenvalue weighted by molar-refractivity contribution is 0.577. The van der Waals surface area contributed by atoms with Gasteiger partial charge in [0.05, 0.1) is 16.7 Å². The molecule has 0 amide bonds. The van der Waals surface area contributed by atoms with Gasteiger partial charge >= 0.3 is 0 Å². The van der Waals surface area contributed by atoms with Crippen molar-refractivity contribution < 1.29 is 0 Å². The topological polar surface area (TPSA) is 24.9 Å². The van der Waals surface area contributed by atoms with Crippen LogP contribution in [-0.2, 0) is 0 Å². The van der Waals surface area contributed by atoms with E-state index in [4.69, 9.17) is 4.98 Å². The molecule has 1 saturated heterocycles. The Bertz CT molecular complexity index is 347. The second kappa shape index (κ2) is 5.49. The molecule has 1 aliphatic carbocycles. The van der Waals surface area contributed by atoms with E-state index >= 15 is 0 Å². The number of nitrogens with zero attached hydrogens (tertiary/aromatic N) is 1. The Morgan fingerprint density at radius 3 is 2.59 bits per heavy atom. The predicted octanol–water partition coefficient (Wildman–Crippen LogP) is 4.01. The Morgan fingerprint density at radius 2 is 1.88 bits per heavy atom. The third-order valence-corrected chi connectivity index (χ3v) is 5.19. The van der Waals surface area contributed by atoms with Gasteiger partial charge in [-0.05, 0) is 32.2 Å². The predicted molar refractivity (Wildman–Crippen MR) is 72.5 cm³/mol. The molecule has 0 spiro atoms. The molecular weight excluding hydrogens is 228 g/mol. The highest BCUT2D eigenvalue weighted by atomic mass is 32.1. The van der Waals surface area contributed by atoms with Crippen LogP contribution < -0.4 is 5.32 Å². The normalized spacial score (nSPS) is 27.2. The van der Waals surface area contributed by atoms with E-state index in [0.717, 1.165) is 5.92 Å². The quantitative estimate of drug-likeness (QED) is 0.802. The molecule has 0 bridgehead atoms. The van der Waals surface area contributed by atoms with Crippen molar-refractivity contribution in [3.05, 3.63) is 16.1 Å². The maximum Gasteiger partial charge on any atom is 0.0959 e. The van der Waals surface area contributed by atoms with E-state index < -0.39 is 0 Å². The van der Waals surface area contributed by atoms with E-state index in [1.54, 1.807) is 0 Å². The van der Waals surface area contributed by atoms with Gasteiger partial charge in [-0.1, -0.05) is 25.7 Å². The molecule has 1 unspecified atom stereocenters. The van der Waals surface area contributed by atoms with E-state index in [-0.39, 0.29) is 0 Å². The van der Waals surface area contributed by atoms with Crippen LogP contribution in [0.4, 0.5) is 0 Å². The van der Waals surface area contributed by atoms with Crippen LogP contribution in [0.2, 0.25) is 0 Å². The van der Waals surface area contributed by atoms with Crippen molar-refractivity contribution in [1.29, 1.82) is 0 Å². The summed E-state index contributed by atoms with van der Waals surface area (Å²) in [5, 5.41) is 7.25. The van der Waals surface area contributed by atoms with Crippen LogP contribution in [0.5, 0.6) is 0 Å². The Morgan fingerprint density at radius 1 is 1.06 bits per heavy atom. The van der Waals surface area contributed by atoms with Gasteiger partial charge in [0.2, 0.25) is 0 Å². The number of hydrogen-bond acceptors (Lipinski definition) is 3. The number of thiazole rings is 1. The van der Waals surface area contributed by atoms with Crippen LogP contribution in [0.3, 0.4) is 0 Å². The highest BCUT2D eigenvalue weighted by Crippen LogP contribution is 2.35. The second-order valence-corrected chi connectivity index (χ2v) is 6.34. The van der Waals surface area contributed by atoms with Crippen molar-refractivity contribution >= 4 is 11.3 Å². The number of nitrogens with one attached hydrogen (secondary N) is 1. The van der Waals surface area contributed by atoms with Gasteiger partial charge in [0, 0.05) is 11.3 Å². The van der Waals surface area contributed by atoms with Crippen LogP contribution in [0, 0.1) is 0 Å². The molecule has 2 heterocycles. The number of aromatic nitrogens is 1. The molecule has 94 valence electrons. The summed E-state index contributed by atoms with van der Waals surface area (Å²) in [7, 11) is 0. The average Bonchev–Trinajstić information content (AvgIpc) is 2.95. The van der Waals surface area contributed by atoms with Crippen molar-refractivity contribution in [2.75, 3.05) is 6.54 Å². The molecule has 17 heavy (non-hydrogen) atoms. The summed E-state index contributed by atoms with van der Waals surface area (Å²) in [5.41, 5.74) is 1.31. The van der Waals surface area contributed by atoms with Crippen molar-refractivity contribution in [2.24, 2.45) is 0 Å². The first-order valence-electron chi connectivity index (χ1n) is 7.12. The molecule has 1 saturated carbocycles. The van der Waals surface area contributed by atoms with Gasteiger partial charge in [-0.2, -0.15) is 0 Å². The van der Waals surface area contributed by atoms with E-state index in [1.807, 2.05) is 11.3 Å². The van der Waals surface area contributed by atoms with E-state index in [9.17, 15) is 0 Å². The number of rotatable bonds is 2. The summed E-state index contributed by atoms with van der Waals surface area (Å²) >= 11 is 1.90. The fraction of sp³-hybridized carbons (Fsp3) is 0.786. The Kier molecular flexibility index (Phi) is 3.77. The summed E-state index contributed by atoms with van der Waals surface area (Å²) in [6.45, 7) is 1.17. The minimum Gasteiger partial charge on any atom is -0.309 e. The lowest BCUT2D eigenvalue weighted by atomic mass is 10.0. The first-order valence-corrected chi connectivity index (χ1v) is 8.00. The van der Waals surface area contributed by atoms with Crippen molar-refractivity contribution in [1.82, 2.24) is 10.3 Å². The maximum absolute atomic E-state index is 4.91. The highest BCUT2D eigenvalue weighted by molar-refractivity contribution is 7.09. The highest BCUT2D eigenvalue weighted by Gasteiger charge is 2.22. The summed E-state index contributed by atoms with van der Waals surface area (Å²) in [6, 6.07) is 0.547. The third kappa shape index (κ3) is 2.71. The molecule has 2 aliphatic rings. The third-order valence-electron chi connectivity index (χ3n) is 4.16. The molecule has 1 aliphatic heterocycles. The lowest BCUT2D eigenvalue weighted by Gasteiger charge is -2.10. The fourth-order valence-corrected chi connectivity index (χ4v) is 4.16. The van der Waals surface area contributed by atoms with Gasteiger partial charge in [-0.3, -0.25) is 0 Å². The molecule has 1 aromatic heterocycles. The van der Waals surface area contributed by atoms with Gasteiger partial charge in [-0.25, -0.2) is 4.98 Å². The van der Waals surface area contributed by atoms with Crippen molar-refractivity contribution in [3.8, 4) is 0 Å². The Labute approximate surface area is 108 Å². The summed E-state index contributed by atoms with van der Waals surface area (Å²) < 4.78 is 0. The van der Waals surface area contributed by atoms with E-state index in [2.05, 4.69) is 10.7 Å². The first-order chi connectivity index (χ1) is 8.43. The molecule has 2 nitrogen and oxygen atoms in total. The zero-order chi connectivity index (χ0) is 11.5. The standard InChI is InChI=1S/C14H22N2S/c1-2-4-7-11(6-3-1)14-16-13(10-17-14)12-8-5-9-15-12/h10-12,15H,1-9H2. The Hall–Kier alpha value is -0.410. The Balaban J connectivity index is 1.70. The van der Waals surface area contributed by atoms with E-state index in [1.165, 1.54) is 68.6 Å². The summed E-state index contributed by atoms with van der Waals surface area (Å²) in [4.78, 5) is 4.91. The van der Waals surface area contributed by atoms with Crippen LogP contribution in [0.15, 0.2) is 5.38 Å². The zero-order valence-electron chi connectivity index (χ0n) is 10.5. The van der Waals surface area contributed by atoms with Gasteiger partial charge in [0.25, 0.3) is 0 Å². The molecule has 0 aromatic carbocycles. The number of hydrogen-bond donors (Lipinski definition) is 1. The fourth-order valence-electron chi connectivity index (χ4n) is 3.11. The molecule has 1 N–H and O–H groups in total. The van der Waals surface area contributed by atoms with Crippen molar-refractivity contribution in [3.63, 3.8) is 0 Å². The molecule has 3 heteroatoms. The zero-order valence-corrected chi connectivity index (χ0v) is 11.3. The molecule has 2 fully saturated rings. The van der Waals surface area contributed by atoms with Crippen LogP contribution in [0.1, 0.15) is 74.0 Å². The van der Waals surface area contributed by atoms with E-state index in [0.29, 0.717) is 6.04 Å². The lowest BCUT2D eigenvalue weighted by Crippen LogP contribution is -2.13. The molecule has 3 rings (SSSR count). The smallest absolute Gasteiger partial charge is 0.0959 e. The molecule has 1 aromatic rings. The largest absolute Gasteiger partial charge is 0.309 e. The minimum absolute atomic E-state index is 0.547. The van der Waals surface area contributed by atoms with Crippen LogP contribution >= 0.6 is 11.3 Å². The molecule has 1 atom stereocenters. The minimum atomic E-state index is 0.547. The van der Waals surface area contributed by atoms with Crippen LogP contribution in [0.25, 0.3) is 0 Å². The monoisotopic (exact) mass is 250 g/mol. The van der Waals surface area contributed by atoms with Gasteiger partial charge in [-0.15, -0.1) is 11.3 Å². The SMILES string of the molecule is c1sc(C2CCCCCC2)nc1C1CCCN1. The van der Waals surface area contributed by atoms with Crippen molar-refractivity contribution in [2.45, 2.75) is 63.3 Å². The first kappa shape index (κ1) is 11.7. The summed E-state index contributed by atoms with van der Waals surface area (Å²) in [6.07, 6.45) is 11.0.